The Hall–Kier alpha value is -1.24. The molecule has 2 atom stereocenters. The fraction of sp³-hybridized carbons (Fsp3) is 0.500. The highest BCUT2D eigenvalue weighted by molar-refractivity contribution is 8.00. The summed E-state index contributed by atoms with van der Waals surface area (Å²) in [6.07, 6.45) is 1.02. The van der Waals surface area contributed by atoms with Crippen molar-refractivity contribution >= 4 is 41.7 Å². The predicted molar refractivity (Wildman–Crippen MR) is 97.4 cm³/mol. The lowest BCUT2D eigenvalue weighted by Gasteiger charge is -2.26. The van der Waals surface area contributed by atoms with Crippen LogP contribution in [0, 0.1) is 0 Å². The molecule has 23 heavy (non-hydrogen) atoms. The third-order valence-corrected chi connectivity index (χ3v) is 4.86. The predicted octanol–water partition coefficient (Wildman–Crippen LogP) is 2.37. The Labute approximate surface area is 148 Å². The van der Waals surface area contributed by atoms with Gasteiger partial charge < -0.3 is 15.5 Å². The molecule has 7 heteroatoms. The summed E-state index contributed by atoms with van der Waals surface area (Å²) >= 11 is 1.54. The molecule has 0 aliphatic carbocycles. The van der Waals surface area contributed by atoms with E-state index in [9.17, 15) is 9.59 Å². The van der Waals surface area contributed by atoms with Crippen molar-refractivity contribution in [1.29, 1.82) is 0 Å². The third-order valence-electron chi connectivity index (χ3n) is 3.76. The zero-order valence-electron chi connectivity index (χ0n) is 13.7. The molecule has 1 heterocycles. The summed E-state index contributed by atoms with van der Waals surface area (Å²) < 4.78 is 0. The standard InChI is InChI=1S/C16H23N3O2S.ClH/c1-11(16(21)19(3)14-8-9-17-10-14)22-15-6-4-13(5-7-15)18-12(2)20;/h4-7,11,14,17H,8-10H2,1-3H3,(H,18,20);1H. The Kier molecular flexibility index (Phi) is 7.88. The molecule has 0 radical (unpaired) electrons. The van der Waals surface area contributed by atoms with Gasteiger partial charge in [0, 0.05) is 37.1 Å². The lowest BCUT2D eigenvalue weighted by atomic mass is 10.2. The molecule has 1 saturated heterocycles. The van der Waals surface area contributed by atoms with Crippen LogP contribution in [0.2, 0.25) is 0 Å². The van der Waals surface area contributed by atoms with Crippen molar-refractivity contribution in [3.63, 3.8) is 0 Å². The van der Waals surface area contributed by atoms with E-state index in [-0.39, 0.29) is 29.5 Å². The monoisotopic (exact) mass is 357 g/mol. The molecular weight excluding hydrogens is 334 g/mol. The molecule has 0 bridgehead atoms. The van der Waals surface area contributed by atoms with Crippen LogP contribution in [0.3, 0.4) is 0 Å². The van der Waals surface area contributed by atoms with E-state index >= 15 is 0 Å². The van der Waals surface area contributed by atoms with Gasteiger partial charge in [-0.2, -0.15) is 0 Å². The number of amides is 2. The second-order valence-electron chi connectivity index (χ2n) is 5.56. The number of rotatable bonds is 5. The van der Waals surface area contributed by atoms with Crippen LogP contribution in [0.4, 0.5) is 5.69 Å². The minimum absolute atomic E-state index is 0. The van der Waals surface area contributed by atoms with Crippen LogP contribution in [-0.4, -0.2) is 48.1 Å². The van der Waals surface area contributed by atoms with Gasteiger partial charge >= 0.3 is 0 Å². The first-order valence-corrected chi connectivity index (χ1v) is 8.37. The molecular formula is C16H24ClN3O2S. The largest absolute Gasteiger partial charge is 0.340 e. The summed E-state index contributed by atoms with van der Waals surface area (Å²) in [6.45, 7) is 5.28. The van der Waals surface area contributed by atoms with E-state index in [2.05, 4.69) is 10.6 Å². The highest BCUT2D eigenvalue weighted by Crippen LogP contribution is 2.26. The quantitative estimate of drug-likeness (QED) is 0.794. The van der Waals surface area contributed by atoms with E-state index in [4.69, 9.17) is 0 Å². The zero-order valence-corrected chi connectivity index (χ0v) is 15.3. The number of nitrogens with one attached hydrogen (secondary N) is 2. The van der Waals surface area contributed by atoms with E-state index in [1.165, 1.54) is 6.92 Å². The lowest BCUT2D eigenvalue weighted by molar-refractivity contribution is -0.130. The molecule has 128 valence electrons. The number of anilines is 1. The molecule has 1 fully saturated rings. The maximum atomic E-state index is 12.5. The van der Waals surface area contributed by atoms with Crippen molar-refractivity contribution in [2.75, 3.05) is 25.5 Å². The summed E-state index contributed by atoms with van der Waals surface area (Å²) in [5.41, 5.74) is 0.768. The van der Waals surface area contributed by atoms with Gasteiger partial charge in [0.05, 0.1) is 5.25 Å². The van der Waals surface area contributed by atoms with Gasteiger partial charge in [0.15, 0.2) is 0 Å². The highest BCUT2D eigenvalue weighted by Gasteiger charge is 2.26. The van der Waals surface area contributed by atoms with E-state index in [1.807, 2.05) is 43.1 Å². The molecule has 2 rings (SSSR count). The minimum atomic E-state index is -0.128. The number of halogens is 1. The summed E-state index contributed by atoms with van der Waals surface area (Å²) in [4.78, 5) is 26.3. The minimum Gasteiger partial charge on any atom is -0.340 e. The van der Waals surface area contributed by atoms with Gasteiger partial charge in [-0.1, -0.05) is 0 Å². The van der Waals surface area contributed by atoms with Gasteiger partial charge in [-0.05, 0) is 44.2 Å². The number of thioether (sulfide) groups is 1. The number of benzene rings is 1. The van der Waals surface area contributed by atoms with Crippen LogP contribution in [-0.2, 0) is 9.59 Å². The first-order chi connectivity index (χ1) is 10.5. The summed E-state index contributed by atoms with van der Waals surface area (Å²) in [7, 11) is 1.89. The van der Waals surface area contributed by atoms with Crippen LogP contribution >= 0.6 is 24.2 Å². The number of carbonyl (C=O) groups excluding carboxylic acids is 2. The van der Waals surface area contributed by atoms with E-state index < -0.39 is 0 Å². The Morgan fingerprint density at radius 3 is 2.52 bits per heavy atom. The maximum absolute atomic E-state index is 12.5. The second kappa shape index (κ2) is 9.15. The average Bonchev–Trinajstić information content (AvgIpc) is 3.01. The SMILES string of the molecule is CC(=O)Nc1ccc(SC(C)C(=O)N(C)C2CCNC2)cc1.Cl. The fourth-order valence-corrected chi connectivity index (χ4v) is 3.48. The molecule has 0 saturated carbocycles. The van der Waals surface area contributed by atoms with Gasteiger partial charge in [0.2, 0.25) is 11.8 Å². The first-order valence-electron chi connectivity index (χ1n) is 7.49. The van der Waals surface area contributed by atoms with Crippen LogP contribution in [0.1, 0.15) is 20.3 Å². The molecule has 2 N–H and O–H groups in total. The molecule has 1 aliphatic heterocycles. The molecule has 1 aliphatic rings. The average molecular weight is 358 g/mol. The molecule has 1 aromatic rings. The molecule has 0 aromatic heterocycles. The molecule has 2 unspecified atom stereocenters. The topological polar surface area (TPSA) is 61.4 Å². The van der Waals surface area contributed by atoms with Crippen molar-refractivity contribution in [3.8, 4) is 0 Å². The first kappa shape index (κ1) is 19.8. The fourth-order valence-electron chi connectivity index (χ4n) is 2.51. The summed E-state index contributed by atoms with van der Waals surface area (Å²) in [5.74, 6) is 0.0698. The van der Waals surface area contributed by atoms with Gasteiger partial charge in [-0.25, -0.2) is 0 Å². The number of likely N-dealkylation sites (N-methyl/N-ethyl adjacent to an activating group) is 1. The van der Waals surface area contributed by atoms with Crippen molar-refractivity contribution in [1.82, 2.24) is 10.2 Å². The number of hydrogen-bond donors (Lipinski definition) is 2. The Morgan fingerprint density at radius 1 is 1.35 bits per heavy atom. The van der Waals surface area contributed by atoms with E-state index in [0.29, 0.717) is 6.04 Å². The summed E-state index contributed by atoms with van der Waals surface area (Å²) in [5, 5.41) is 5.89. The molecule has 2 amide bonds. The van der Waals surface area contributed by atoms with Crippen LogP contribution in [0.15, 0.2) is 29.2 Å². The Bertz CT molecular complexity index is 533. The second-order valence-corrected chi connectivity index (χ2v) is 6.98. The maximum Gasteiger partial charge on any atom is 0.235 e. The normalized spacial score (nSPS) is 18.0. The molecule has 0 spiro atoms. The molecule has 1 aromatic carbocycles. The van der Waals surface area contributed by atoms with Crippen molar-refractivity contribution in [3.05, 3.63) is 24.3 Å². The van der Waals surface area contributed by atoms with Crippen LogP contribution in [0.25, 0.3) is 0 Å². The Balaban J connectivity index is 0.00000264. The highest BCUT2D eigenvalue weighted by atomic mass is 35.5. The van der Waals surface area contributed by atoms with Crippen molar-refractivity contribution < 1.29 is 9.59 Å². The van der Waals surface area contributed by atoms with Gasteiger partial charge in [0.1, 0.15) is 0 Å². The van der Waals surface area contributed by atoms with E-state index in [1.54, 1.807) is 11.8 Å². The van der Waals surface area contributed by atoms with Gasteiger partial charge in [-0.3, -0.25) is 9.59 Å². The van der Waals surface area contributed by atoms with Crippen molar-refractivity contribution in [2.24, 2.45) is 0 Å². The number of carbonyl (C=O) groups is 2. The van der Waals surface area contributed by atoms with Gasteiger partial charge in [0.25, 0.3) is 0 Å². The van der Waals surface area contributed by atoms with Crippen molar-refractivity contribution in [2.45, 2.75) is 36.5 Å². The smallest absolute Gasteiger partial charge is 0.235 e. The molecule has 5 nitrogen and oxygen atoms in total. The zero-order chi connectivity index (χ0) is 16.1. The lowest BCUT2D eigenvalue weighted by Crippen LogP contribution is -2.42. The third kappa shape index (κ3) is 5.71. The van der Waals surface area contributed by atoms with Crippen LogP contribution < -0.4 is 10.6 Å². The van der Waals surface area contributed by atoms with Crippen LogP contribution in [0.5, 0.6) is 0 Å². The number of hydrogen-bond acceptors (Lipinski definition) is 4. The van der Waals surface area contributed by atoms with E-state index in [0.717, 1.165) is 30.1 Å². The Morgan fingerprint density at radius 2 is 2.00 bits per heavy atom. The van der Waals surface area contributed by atoms with Gasteiger partial charge in [-0.15, -0.1) is 24.2 Å². The number of nitrogens with zero attached hydrogens (tertiary/aromatic N) is 1. The summed E-state index contributed by atoms with van der Waals surface area (Å²) in [6, 6.07) is 7.86.